The van der Waals surface area contributed by atoms with Crippen molar-refractivity contribution >= 4 is 16.1 Å². The number of ether oxygens (including phenoxy) is 1. The second-order valence-electron chi connectivity index (χ2n) is 12.5. The van der Waals surface area contributed by atoms with E-state index in [1.54, 1.807) is 24.0 Å². The van der Waals surface area contributed by atoms with Crippen molar-refractivity contribution in [2.75, 3.05) is 26.2 Å². The highest BCUT2D eigenvalue weighted by molar-refractivity contribution is 7.89. The van der Waals surface area contributed by atoms with Crippen LogP contribution in [0.4, 0.5) is 13.6 Å². The van der Waals surface area contributed by atoms with E-state index in [1.165, 1.54) is 60.7 Å². The number of sulfonamides is 1. The van der Waals surface area contributed by atoms with Crippen molar-refractivity contribution in [2.24, 2.45) is 0 Å². The van der Waals surface area contributed by atoms with Gasteiger partial charge in [0.05, 0.1) is 17.0 Å². The molecule has 0 bridgehead atoms. The molecule has 2 saturated heterocycles. The van der Waals surface area contributed by atoms with Crippen molar-refractivity contribution in [3.05, 3.63) is 65.2 Å². The van der Waals surface area contributed by atoms with Crippen LogP contribution in [0, 0.1) is 18.6 Å². The lowest BCUT2D eigenvalue weighted by Gasteiger charge is -2.45. The Hall–Kier alpha value is -2.56. The average Bonchev–Trinajstić information content (AvgIpc) is 3.79. The van der Waals surface area contributed by atoms with Crippen molar-refractivity contribution in [2.45, 2.75) is 99.8 Å². The van der Waals surface area contributed by atoms with E-state index in [2.05, 4.69) is 4.90 Å². The number of nitrogens with zero attached hydrogens (tertiary/aromatic N) is 3. The summed E-state index contributed by atoms with van der Waals surface area (Å²) in [5, 5.41) is 0. The summed E-state index contributed by atoms with van der Waals surface area (Å²) in [7, 11) is -4.22. The second kappa shape index (κ2) is 11.8. The summed E-state index contributed by atoms with van der Waals surface area (Å²) in [5.41, 5.74) is -0.0706. The molecule has 2 saturated carbocycles. The largest absolute Gasteiger partial charge is 0.441 e. The Labute approximate surface area is 247 Å². The zero-order valence-electron chi connectivity index (χ0n) is 24.3. The maximum atomic E-state index is 14.6. The number of hydrogen-bond donors (Lipinski definition) is 0. The lowest BCUT2D eigenvalue weighted by Crippen LogP contribution is -2.56. The first kappa shape index (κ1) is 29.5. The first-order chi connectivity index (χ1) is 20.2. The van der Waals surface area contributed by atoms with Crippen LogP contribution < -0.4 is 0 Å². The van der Waals surface area contributed by atoms with Crippen molar-refractivity contribution in [1.82, 2.24) is 14.1 Å². The topological polar surface area (TPSA) is 70.2 Å². The highest BCUT2D eigenvalue weighted by Gasteiger charge is 2.60. The van der Waals surface area contributed by atoms with Gasteiger partial charge in [0.25, 0.3) is 0 Å². The molecule has 7 nitrogen and oxygen atoms in total. The molecule has 0 aromatic heterocycles. The molecular weight excluding hydrogens is 560 g/mol. The highest BCUT2D eigenvalue weighted by Crippen LogP contribution is 2.52. The minimum Gasteiger partial charge on any atom is -0.441 e. The van der Waals surface area contributed by atoms with Gasteiger partial charge in [-0.25, -0.2) is 22.0 Å². The molecule has 2 aliphatic heterocycles. The van der Waals surface area contributed by atoms with Gasteiger partial charge >= 0.3 is 6.09 Å². The molecule has 0 N–H and O–H groups in total. The number of hydrogen-bond acceptors (Lipinski definition) is 5. The van der Waals surface area contributed by atoms with Gasteiger partial charge in [-0.15, -0.1) is 0 Å². The molecule has 2 heterocycles. The van der Waals surface area contributed by atoms with Crippen LogP contribution in [0.5, 0.6) is 0 Å². The number of amides is 1. The van der Waals surface area contributed by atoms with Gasteiger partial charge in [0, 0.05) is 32.2 Å². The molecule has 0 radical (unpaired) electrons. The van der Waals surface area contributed by atoms with Crippen LogP contribution in [-0.2, 0) is 14.8 Å². The molecule has 0 spiro atoms. The van der Waals surface area contributed by atoms with Gasteiger partial charge in [0.2, 0.25) is 10.0 Å². The quantitative estimate of drug-likeness (QED) is 0.396. The van der Waals surface area contributed by atoms with Crippen LogP contribution >= 0.6 is 0 Å². The van der Waals surface area contributed by atoms with E-state index in [0.717, 1.165) is 19.2 Å². The average molecular weight is 602 g/mol. The van der Waals surface area contributed by atoms with Crippen LogP contribution in [0.1, 0.15) is 81.4 Å². The Morgan fingerprint density at radius 1 is 0.905 bits per heavy atom. The van der Waals surface area contributed by atoms with Gasteiger partial charge in [-0.05, 0) is 87.3 Å². The molecule has 2 aromatic carbocycles. The SMILES string of the molecule is Cc1ccc(S(=O)(=O)N2[C@H](c3cccc(F)c3)CCC[C@@H]2C2(OC(=O)N3CCN(C4CCCCC4)CC3)CC2)cc1F. The molecule has 6 rings (SSSR count). The molecule has 4 fully saturated rings. The fourth-order valence-corrected chi connectivity index (χ4v) is 9.20. The van der Waals surface area contributed by atoms with Crippen molar-refractivity contribution in [3.8, 4) is 0 Å². The van der Waals surface area contributed by atoms with E-state index >= 15 is 0 Å². The Balaban J connectivity index is 1.25. The van der Waals surface area contributed by atoms with Gasteiger partial charge in [0.1, 0.15) is 17.2 Å². The second-order valence-corrected chi connectivity index (χ2v) is 14.4. The third kappa shape index (κ3) is 5.82. The van der Waals surface area contributed by atoms with Crippen LogP contribution in [-0.4, -0.2) is 72.5 Å². The number of halogens is 2. The fraction of sp³-hybridized carbons (Fsp3) is 0.594. The Kier molecular flexibility index (Phi) is 8.32. The molecule has 228 valence electrons. The van der Waals surface area contributed by atoms with Crippen molar-refractivity contribution in [1.29, 1.82) is 0 Å². The van der Waals surface area contributed by atoms with Gasteiger partial charge in [-0.2, -0.15) is 4.31 Å². The summed E-state index contributed by atoms with van der Waals surface area (Å²) < 4.78 is 65.2. The molecular formula is C32H41F2N3O4S. The number of piperazine rings is 1. The number of rotatable bonds is 6. The number of aryl methyl sites for hydroxylation is 1. The van der Waals surface area contributed by atoms with Crippen molar-refractivity contribution < 1.29 is 26.7 Å². The molecule has 4 aliphatic rings. The predicted molar refractivity (Wildman–Crippen MR) is 155 cm³/mol. The zero-order chi connectivity index (χ0) is 29.5. The normalized spacial score (nSPS) is 25.7. The minimum atomic E-state index is -4.22. The summed E-state index contributed by atoms with van der Waals surface area (Å²) >= 11 is 0. The summed E-state index contributed by atoms with van der Waals surface area (Å²) in [6.45, 7) is 4.40. The zero-order valence-corrected chi connectivity index (χ0v) is 25.1. The molecule has 2 aliphatic carbocycles. The number of carbonyl (C=O) groups excluding carboxylic acids is 1. The third-order valence-corrected chi connectivity index (χ3v) is 11.7. The van der Waals surface area contributed by atoms with Gasteiger partial charge < -0.3 is 9.64 Å². The molecule has 1 amide bonds. The number of carbonyl (C=O) groups is 1. The lowest BCUT2D eigenvalue weighted by atomic mass is 9.90. The summed E-state index contributed by atoms with van der Waals surface area (Å²) in [6.07, 6.45) is 8.66. The molecule has 2 aromatic rings. The van der Waals surface area contributed by atoms with E-state index in [0.29, 0.717) is 62.4 Å². The summed E-state index contributed by atoms with van der Waals surface area (Å²) in [6, 6.07) is 9.22. The Bertz CT molecular complexity index is 1400. The molecule has 2 atom stereocenters. The van der Waals surface area contributed by atoms with Crippen LogP contribution in [0.3, 0.4) is 0 Å². The first-order valence-electron chi connectivity index (χ1n) is 15.5. The van der Waals surface area contributed by atoms with Gasteiger partial charge in [0.15, 0.2) is 0 Å². The van der Waals surface area contributed by atoms with E-state index in [-0.39, 0.29) is 4.90 Å². The smallest absolute Gasteiger partial charge is 0.410 e. The maximum absolute atomic E-state index is 14.6. The highest BCUT2D eigenvalue weighted by atomic mass is 32.2. The summed E-state index contributed by atoms with van der Waals surface area (Å²) in [4.78, 5) is 17.6. The predicted octanol–water partition coefficient (Wildman–Crippen LogP) is 6.18. The maximum Gasteiger partial charge on any atom is 0.410 e. The van der Waals surface area contributed by atoms with Gasteiger partial charge in [-0.1, -0.05) is 37.5 Å². The molecule has 0 unspecified atom stereocenters. The molecule has 42 heavy (non-hydrogen) atoms. The first-order valence-corrected chi connectivity index (χ1v) is 16.9. The summed E-state index contributed by atoms with van der Waals surface area (Å²) in [5.74, 6) is -1.06. The standard InChI is InChI=1S/C32H41F2N3O4S/c1-23-13-14-27(22-28(23)34)42(39,40)37-29(24-7-5-8-25(33)21-24)11-6-12-30(37)32(15-16-32)41-31(38)36-19-17-35(18-20-36)26-9-3-2-4-10-26/h5,7-8,13-14,21-22,26,29-30H,2-4,6,9-12,15-20H2,1H3/t29-,30+/m0/s1. The lowest BCUT2D eigenvalue weighted by molar-refractivity contribution is -0.0169. The third-order valence-electron chi connectivity index (χ3n) is 9.83. The minimum absolute atomic E-state index is 0.153. The Morgan fingerprint density at radius 2 is 1.64 bits per heavy atom. The number of piperidine rings is 1. The number of benzene rings is 2. The monoisotopic (exact) mass is 601 g/mol. The van der Waals surface area contributed by atoms with Crippen molar-refractivity contribution in [3.63, 3.8) is 0 Å². The van der Waals surface area contributed by atoms with E-state index < -0.39 is 45.4 Å². The van der Waals surface area contributed by atoms with E-state index in [1.807, 2.05) is 0 Å². The fourth-order valence-electron chi connectivity index (χ4n) is 7.27. The Morgan fingerprint density at radius 3 is 2.31 bits per heavy atom. The molecule has 10 heteroatoms. The van der Waals surface area contributed by atoms with E-state index in [4.69, 9.17) is 4.74 Å². The van der Waals surface area contributed by atoms with Crippen LogP contribution in [0.2, 0.25) is 0 Å². The van der Waals surface area contributed by atoms with Gasteiger partial charge in [-0.3, -0.25) is 4.90 Å². The van der Waals surface area contributed by atoms with Crippen LogP contribution in [0.25, 0.3) is 0 Å². The van der Waals surface area contributed by atoms with Crippen LogP contribution in [0.15, 0.2) is 47.4 Å². The van der Waals surface area contributed by atoms with E-state index in [9.17, 15) is 22.0 Å².